The van der Waals surface area contributed by atoms with Crippen molar-refractivity contribution in [1.82, 2.24) is 5.06 Å². The van der Waals surface area contributed by atoms with Crippen molar-refractivity contribution in [3.8, 4) is 0 Å². The zero-order valence-corrected chi connectivity index (χ0v) is 13.0. The minimum absolute atomic E-state index is 0.293. The summed E-state index contributed by atoms with van der Waals surface area (Å²) < 4.78 is 6.23. The standard InChI is InChI=1S/C13H27NO2Si/c1-13(2,3)17(4,5)15-10-12-9-11-7-6-8-14(11)16-12/h11-12H,6-10H2,1-5H3/t11-,12+/m1/s1. The summed E-state index contributed by atoms with van der Waals surface area (Å²) in [6.45, 7) is 13.4. The summed E-state index contributed by atoms with van der Waals surface area (Å²) in [5.41, 5.74) is 0. The van der Waals surface area contributed by atoms with Crippen LogP contribution in [0.2, 0.25) is 18.1 Å². The molecule has 17 heavy (non-hydrogen) atoms. The smallest absolute Gasteiger partial charge is 0.192 e. The molecule has 2 fully saturated rings. The maximum Gasteiger partial charge on any atom is 0.192 e. The van der Waals surface area contributed by atoms with Crippen LogP contribution in [0.3, 0.4) is 0 Å². The summed E-state index contributed by atoms with van der Waals surface area (Å²) in [4.78, 5) is 5.92. The first kappa shape index (κ1) is 13.5. The second-order valence-electron chi connectivity index (χ2n) is 6.97. The van der Waals surface area contributed by atoms with Crippen LogP contribution in [0.15, 0.2) is 0 Å². The van der Waals surface area contributed by atoms with E-state index >= 15 is 0 Å². The van der Waals surface area contributed by atoms with Crippen molar-refractivity contribution in [2.45, 2.75) is 70.3 Å². The minimum atomic E-state index is -1.61. The third kappa shape index (κ3) is 2.92. The molecule has 2 aliphatic rings. The molecular weight excluding hydrogens is 230 g/mol. The highest BCUT2D eigenvalue weighted by Gasteiger charge is 2.41. The Morgan fingerprint density at radius 1 is 1.35 bits per heavy atom. The summed E-state index contributed by atoms with van der Waals surface area (Å²) in [5, 5.41) is 2.47. The Balaban J connectivity index is 1.80. The molecular formula is C13H27NO2Si. The van der Waals surface area contributed by atoms with Crippen LogP contribution in [0.5, 0.6) is 0 Å². The zero-order chi connectivity index (χ0) is 12.7. The van der Waals surface area contributed by atoms with E-state index in [0.29, 0.717) is 17.2 Å². The van der Waals surface area contributed by atoms with Crippen LogP contribution >= 0.6 is 0 Å². The molecule has 0 amide bonds. The minimum Gasteiger partial charge on any atom is -0.414 e. The van der Waals surface area contributed by atoms with E-state index in [1.807, 2.05) is 0 Å². The Morgan fingerprint density at radius 2 is 2.06 bits per heavy atom. The molecule has 100 valence electrons. The van der Waals surface area contributed by atoms with E-state index in [1.165, 1.54) is 12.8 Å². The van der Waals surface area contributed by atoms with Crippen LogP contribution in [-0.4, -0.2) is 38.7 Å². The van der Waals surface area contributed by atoms with Crippen molar-refractivity contribution in [3.05, 3.63) is 0 Å². The number of hydrogen-bond acceptors (Lipinski definition) is 3. The highest BCUT2D eigenvalue weighted by atomic mass is 28.4. The highest BCUT2D eigenvalue weighted by Crippen LogP contribution is 2.37. The van der Waals surface area contributed by atoms with Crippen LogP contribution in [-0.2, 0) is 9.26 Å². The third-order valence-corrected chi connectivity index (χ3v) is 9.08. The van der Waals surface area contributed by atoms with Gasteiger partial charge in [0.2, 0.25) is 0 Å². The summed E-state index contributed by atoms with van der Waals surface area (Å²) in [5.74, 6) is 0. The molecule has 2 saturated heterocycles. The fourth-order valence-corrected chi connectivity index (χ4v) is 3.37. The summed E-state index contributed by atoms with van der Waals surface area (Å²) >= 11 is 0. The predicted molar refractivity (Wildman–Crippen MR) is 72.4 cm³/mol. The molecule has 0 radical (unpaired) electrons. The van der Waals surface area contributed by atoms with Gasteiger partial charge in [0.25, 0.3) is 0 Å². The maximum atomic E-state index is 6.23. The fourth-order valence-electron chi connectivity index (χ4n) is 2.34. The van der Waals surface area contributed by atoms with Crippen molar-refractivity contribution in [3.63, 3.8) is 0 Å². The Bertz CT molecular complexity index is 263. The first-order valence-corrected chi connectivity index (χ1v) is 9.78. The molecule has 0 aromatic heterocycles. The number of hydrogen-bond donors (Lipinski definition) is 0. The van der Waals surface area contributed by atoms with E-state index in [0.717, 1.165) is 19.6 Å². The van der Waals surface area contributed by atoms with Gasteiger partial charge in [0.15, 0.2) is 8.32 Å². The first-order valence-electron chi connectivity index (χ1n) is 6.87. The lowest BCUT2D eigenvalue weighted by molar-refractivity contribution is -0.155. The molecule has 0 bridgehead atoms. The average Bonchev–Trinajstić information content (AvgIpc) is 2.71. The van der Waals surface area contributed by atoms with E-state index in [1.54, 1.807) is 0 Å². The van der Waals surface area contributed by atoms with Gasteiger partial charge < -0.3 is 4.43 Å². The molecule has 2 rings (SSSR count). The maximum absolute atomic E-state index is 6.23. The topological polar surface area (TPSA) is 21.7 Å². The molecule has 2 atom stereocenters. The van der Waals surface area contributed by atoms with Gasteiger partial charge in [-0.2, -0.15) is 5.06 Å². The van der Waals surface area contributed by atoms with Crippen molar-refractivity contribution in [2.75, 3.05) is 13.2 Å². The van der Waals surface area contributed by atoms with Crippen molar-refractivity contribution in [1.29, 1.82) is 0 Å². The number of rotatable bonds is 3. The van der Waals surface area contributed by atoms with Crippen LogP contribution < -0.4 is 0 Å². The molecule has 3 nitrogen and oxygen atoms in total. The van der Waals surface area contributed by atoms with Gasteiger partial charge in [0.1, 0.15) is 6.10 Å². The number of nitrogens with zero attached hydrogens (tertiary/aromatic N) is 1. The van der Waals surface area contributed by atoms with Gasteiger partial charge in [0.05, 0.1) is 6.61 Å². The lowest BCUT2D eigenvalue weighted by Gasteiger charge is -2.36. The molecule has 0 aliphatic carbocycles. The van der Waals surface area contributed by atoms with Gasteiger partial charge in [-0.1, -0.05) is 20.8 Å². The van der Waals surface area contributed by atoms with Crippen LogP contribution in [0.1, 0.15) is 40.0 Å². The first-order chi connectivity index (χ1) is 7.79. The van der Waals surface area contributed by atoms with Gasteiger partial charge in [-0.3, -0.25) is 4.84 Å². The largest absolute Gasteiger partial charge is 0.414 e. The second kappa shape index (κ2) is 4.65. The van der Waals surface area contributed by atoms with E-state index in [-0.39, 0.29) is 0 Å². The molecule has 0 saturated carbocycles. The van der Waals surface area contributed by atoms with E-state index in [9.17, 15) is 0 Å². The normalized spacial score (nSPS) is 30.9. The van der Waals surface area contributed by atoms with Gasteiger partial charge in [0, 0.05) is 12.6 Å². The predicted octanol–water partition coefficient (Wildman–Crippen LogP) is 3.18. The lowest BCUT2D eigenvalue weighted by atomic mass is 10.1. The SMILES string of the molecule is CC(C)(C)[Si](C)(C)OC[C@@H]1C[C@H]2CCCN2O1. The molecule has 0 N–H and O–H groups in total. The van der Waals surface area contributed by atoms with E-state index in [2.05, 4.69) is 38.9 Å². The van der Waals surface area contributed by atoms with Gasteiger partial charge in [-0.15, -0.1) is 0 Å². The highest BCUT2D eigenvalue weighted by molar-refractivity contribution is 6.74. The van der Waals surface area contributed by atoms with Gasteiger partial charge >= 0.3 is 0 Å². The van der Waals surface area contributed by atoms with Gasteiger partial charge in [-0.25, -0.2) is 0 Å². The second-order valence-corrected chi connectivity index (χ2v) is 11.8. The monoisotopic (exact) mass is 257 g/mol. The Hall–Kier alpha value is 0.0969. The molecule has 0 aromatic carbocycles. The van der Waals surface area contributed by atoms with Crippen molar-refractivity contribution < 1.29 is 9.26 Å². The van der Waals surface area contributed by atoms with Crippen LogP contribution in [0, 0.1) is 0 Å². The summed E-state index contributed by atoms with van der Waals surface area (Å²) in [6.07, 6.45) is 4.06. The molecule has 0 aromatic rings. The lowest BCUT2D eigenvalue weighted by Crippen LogP contribution is -2.42. The van der Waals surface area contributed by atoms with E-state index in [4.69, 9.17) is 9.26 Å². The molecule has 2 aliphatic heterocycles. The summed E-state index contributed by atoms with van der Waals surface area (Å²) in [7, 11) is -1.61. The Kier molecular flexibility index (Phi) is 3.70. The molecule has 2 heterocycles. The van der Waals surface area contributed by atoms with Crippen molar-refractivity contribution >= 4 is 8.32 Å². The molecule has 0 spiro atoms. The van der Waals surface area contributed by atoms with Gasteiger partial charge in [-0.05, 0) is 37.4 Å². The Morgan fingerprint density at radius 3 is 2.65 bits per heavy atom. The quantitative estimate of drug-likeness (QED) is 0.725. The zero-order valence-electron chi connectivity index (χ0n) is 12.0. The van der Waals surface area contributed by atoms with E-state index < -0.39 is 8.32 Å². The summed E-state index contributed by atoms with van der Waals surface area (Å²) in [6, 6.07) is 0.669. The fraction of sp³-hybridized carbons (Fsp3) is 1.00. The Labute approximate surface area is 107 Å². The van der Waals surface area contributed by atoms with Crippen molar-refractivity contribution in [2.24, 2.45) is 0 Å². The molecule has 4 heteroatoms. The van der Waals surface area contributed by atoms with Crippen LogP contribution in [0.4, 0.5) is 0 Å². The average molecular weight is 257 g/mol. The third-order valence-electron chi connectivity index (χ3n) is 4.58. The number of fused-ring (bicyclic) bond motifs is 1. The number of hydroxylamine groups is 2. The van der Waals surface area contributed by atoms with Crippen LogP contribution in [0.25, 0.3) is 0 Å². The molecule has 0 unspecified atom stereocenters.